The number of hydrogen-bond acceptors (Lipinski definition) is 3. The van der Waals surface area contributed by atoms with Crippen LogP contribution in [0.25, 0.3) is 12.2 Å². The van der Waals surface area contributed by atoms with Gasteiger partial charge in [0.25, 0.3) is 0 Å². The van der Waals surface area contributed by atoms with Gasteiger partial charge in [-0.15, -0.1) is 0 Å². The summed E-state index contributed by atoms with van der Waals surface area (Å²) >= 11 is 0. The van der Waals surface area contributed by atoms with E-state index in [1.807, 2.05) is 19.1 Å². The van der Waals surface area contributed by atoms with Gasteiger partial charge in [-0.3, -0.25) is 0 Å². The van der Waals surface area contributed by atoms with Crippen LogP contribution in [0.15, 0.2) is 36.4 Å². The van der Waals surface area contributed by atoms with Gasteiger partial charge in [-0.25, -0.2) is 0 Å². The minimum atomic E-state index is 0.851. The Hall–Kier alpha value is -2.42. The quantitative estimate of drug-likeness (QED) is 0.667. The second-order valence-corrected chi connectivity index (χ2v) is 5.66. The minimum absolute atomic E-state index is 0.851. The molecule has 0 saturated carbocycles. The number of anilines is 1. The van der Waals surface area contributed by atoms with Crippen molar-refractivity contribution in [3.05, 3.63) is 53.1 Å². The van der Waals surface area contributed by atoms with E-state index < -0.39 is 0 Å². The molecule has 0 heterocycles. The maximum atomic E-state index is 5.48. The van der Waals surface area contributed by atoms with Crippen LogP contribution in [0.3, 0.4) is 0 Å². The maximum Gasteiger partial charge on any atom is 0.126 e. The second-order valence-electron chi connectivity index (χ2n) is 5.66. The summed E-state index contributed by atoms with van der Waals surface area (Å²) in [5.41, 5.74) is 4.49. The molecule has 0 aliphatic rings. The summed E-state index contributed by atoms with van der Waals surface area (Å²) in [7, 11) is 3.38. The van der Waals surface area contributed by atoms with E-state index in [9.17, 15) is 0 Å². The van der Waals surface area contributed by atoms with Crippen LogP contribution in [0, 0.1) is 6.92 Å². The van der Waals surface area contributed by atoms with Crippen molar-refractivity contribution in [1.82, 2.24) is 0 Å². The molecular formula is C21H27NO2. The van der Waals surface area contributed by atoms with Crippen molar-refractivity contribution in [2.75, 3.05) is 32.2 Å². The molecule has 0 atom stereocenters. The lowest BCUT2D eigenvalue weighted by atomic mass is 10.1. The summed E-state index contributed by atoms with van der Waals surface area (Å²) in [4.78, 5) is 2.33. The molecule has 0 bridgehead atoms. The van der Waals surface area contributed by atoms with E-state index in [0.717, 1.165) is 41.3 Å². The number of aryl methyl sites for hydroxylation is 1. The first-order valence-corrected chi connectivity index (χ1v) is 8.38. The molecule has 0 radical (unpaired) electrons. The average molecular weight is 325 g/mol. The Labute approximate surface area is 145 Å². The number of nitrogens with zero attached hydrogens (tertiary/aromatic N) is 1. The smallest absolute Gasteiger partial charge is 0.126 e. The van der Waals surface area contributed by atoms with Crippen LogP contribution < -0.4 is 14.4 Å². The Bertz CT molecular complexity index is 686. The molecule has 0 saturated heterocycles. The highest BCUT2D eigenvalue weighted by molar-refractivity contribution is 5.74. The predicted molar refractivity (Wildman–Crippen MR) is 103 cm³/mol. The third-order valence-corrected chi connectivity index (χ3v) is 4.22. The number of ether oxygens (including phenoxy) is 2. The number of methoxy groups -OCH3 is 2. The van der Waals surface area contributed by atoms with E-state index in [0.29, 0.717) is 0 Å². The lowest BCUT2D eigenvalue weighted by Gasteiger charge is -2.20. The van der Waals surface area contributed by atoms with Gasteiger partial charge in [-0.05, 0) is 56.2 Å². The fraction of sp³-hybridized carbons (Fsp3) is 0.333. The second kappa shape index (κ2) is 8.44. The van der Waals surface area contributed by atoms with Crippen LogP contribution >= 0.6 is 0 Å². The van der Waals surface area contributed by atoms with Gasteiger partial charge < -0.3 is 14.4 Å². The predicted octanol–water partition coefficient (Wildman–Crippen LogP) is 5.03. The van der Waals surface area contributed by atoms with E-state index >= 15 is 0 Å². The summed E-state index contributed by atoms with van der Waals surface area (Å²) in [6.45, 7) is 8.40. The van der Waals surface area contributed by atoms with Crippen molar-refractivity contribution >= 4 is 17.8 Å². The van der Waals surface area contributed by atoms with Crippen LogP contribution in [-0.4, -0.2) is 27.3 Å². The van der Waals surface area contributed by atoms with E-state index in [-0.39, 0.29) is 0 Å². The molecule has 3 heteroatoms. The summed E-state index contributed by atoms with van der Waals surface area (Å²) in [6.07, 6.45) is 4.16. The van der Waals surface area contributed by atoms with Gasteiger partial charge >= 0.3 is 0 Å². The van der Waals surface area contributed by atoms with E-state index in [2.05, 4.69) is 55.2 Å². The fourth-order valence-corrected chi connectivity index (χ4v) is 2.78. The molecule has 0 N–H and O–H groups in total. The molecule has 0 aliphatic carbocycles. The third-order valence-electron chi connectivity index (χ3n) is 4.22. The van der Waals surface area contributed by atoms with E-state index in [1.165, 1.54) is 5.69 Å². The largest absolute Gasteiger partial charge is 0.496 e. The topological polar surface area (TPSA) is 21.7 Å². The van der Waals surface area contributed by atoms with Crippen molar-refractivity contribution < 1.29 is 9.47 Å². The zero-order valence-electron chi connectivity index (χ0n) is 15.3. The normalized spacial score (nSPS) is 10.9. The zero-order chi connectivity index (χ0) is 17.5. The summed E-state index contributed by atoms with van der Waals surface area (Å²) in [5.74, 6) is 1.72. The minimum Gasteiger partial charge on any atom is -0.496 e. The molecule has 24 heavy (non-hydrogen) atoms. The molecule has 0 amide bonds. The van der Waals surface area contributed by atoms with E-state index in [4.69, 9.17) is 9.47 Å². The van der Waals surface area contributed by atoms with Crippen molar-refractivity contribution in [1.29, 1.82) is 0 Å². The van der Waals surface area contributed by atoms with Crippen molar-refractivity contribution in [2.45, 2.75) is 20.8 Å². The highest BCUT2D eigenvalue weighted by atomic mass is 16.5. The Morgan fingerprint density at radius 2 is 1.50 bits per heavy atom. The van der Waals surface area contributed by atoms with Crippen molar-refractivity contribution in [2.24, 2.45) is 0 Å². The number of hydrogen-bond donors (Lipinski definition) is 0. The first kappa shape index (κ1) is 17.9. The van der Waals surface area contributed by atoms with Gasteiger partial charge in [0.15, 0.2) is 0 Å². The molecule has 128 valence electrons. The molecule has 0 aliphatic heterocycles. The highest BCUT2D eigenvalue weighted by Gasteiger charge is 2.06. The van der Waals surface area contributed by atoms with Gasteiger partial charge in [-0.2, -0.15) is 0 Å². The molecule has 2 aromatic rings. The monoisotopic (exact) mass is 325 g/mol. The van der Waals surface area contributed by atoms with Crippen LogP contribution in [-0.2, 0) is 0 Å². The SMILES string of the molecule is CCN(CC)c1ccc(/C=C/c2cc(OC)c(C)cc2OC)cc1. The van der Waals surface area contributed by atoms with Crippen LogP contribution in [0.2, 0.25) is 0 Å². The average Bonchev–Trinajstić information content (AvgIpc) is 2.62. The lowest BCUT2D eigenvalue weighted by molar-refractivity contribution is 0.400. The number of rotatable bonds is 7. The lowest BCUT2D eigenvalue weighted by Crippen LogP contribution is -2.21. The Balaban J connectivity index is 2.24. The fourth-order valence-electron chi connectivity index (χ4n) is 2.78. The molecule has 3 nitrogen and oxygen atoms in total. The van der Waals surface area contributed by atoms with Gasteiger partial charge in [0.1, 0.15) is 11.5 Å². The Kier molecular flexibility index (Phi) is 6.30. The highest BCUT2D eigenvalue weighted by Crippen LogP contribution is 2.29. The maximum absolute atomic E-state index is 5.48. The molecule has 0 fully saturated rings. The first-order chi connectivity index (χ1) is 11.6. The molecule has 0 aromatic heterocycles. The van der Waals surface area contributed by atoms with Crippen LogP contribution in [0.1, 0.15) is 30.5 Å². The van der Waals surface area contributed by atoms with Gasteiger partial charge in [0.05, 0.1) is 14.2 Å². The molecule has 0 spiro atoms. The summed E-state index contributed by atoms with van der Waals surface area (Å²) in [6, 6.07) is 12.6. The molecule has 2 aromatic carbocycles. The Morgan fingerprint density at radius 3 is 2.04 bits per heavy atom. The number of benzene rings is 2. The van der Waals surface area contributed by atoms with E-state index in [1.54, 1.807) is 14.2 Å². The summed E-state index contributed by atoms with van der Waals surface area (Å²) < 4.78 is 10.9. The van der Waals surface area contributed by atoms with Gasteiger partial charge in [-0.1, -0.05) is 24.3 Å². The van der Waals surface area contributed by atoms with Gasteiger partial charge in [0, 0.05) is 24.3 Å². The molecule has 0 unspecified atom stereocenters. The van der Waals surface area contributed by atoms with Crippen LogP contribution in [0.5, 0.6) is 11.5 Å². The standard InChI is InChI=1S/C21H27NO2/c1-6-22(7-2)19-12-9-17(10-13-19)8-11-18-15-20(23-4)16(3)14-21(18)24-5/h8-15H,6-7H2,1-5H3/b11-8+. The molecular weight excluding hydrogens is 298 g/mol. The van der Waals surface area contributed by atoms with Gasteiger partial charge in [0.2, 0.25) is 0 Å². The first-order valence-electron chi connectivity index (χ1n) is 8.38. The molecule has 2 rings (SSSR count). The third kappa shape index (κ3) is 4.10. The van der Waals surface area contributed by atoms with Crippen LogP contribution in [0.4, 0.5) is 5.69 Å². The summed E-state index contributed by atoms with van der Waals surface area (Å²) in [5, 5.41) is 0. The van der Waals surface area contributed by atoms with Crippen molar-refractivity contribution in [3.8, 4) is 11.5 Å². The van der Waals surface area contributed by atoms with Crippen molar-refractivity contribution in [3.63, 3.8) is 0 Å². The zero-order valence-corrected chi connectivity index (χ0v) is 15.3. The Morgan fingerprint density at radius 1 is 0.875 bits per heavy atom.